The third kappa shape index (κ3) is 4.76. The zero-order valence-corrected chi connectivity index (χ0v) is 14.9. The van der Waals surface area contributed by atoms with Crippen molar-refractivity contribution in [1.29, 1.82) is 0 Å². The van der Waals surface area contributed by atoms with Crippen molar-refractivity contribution < 1.29 is 13.7 Å². The van der Waals surface area contributed by atoms with E-state index >= 15 is 0 Å². The number of carbonyl (C=O) groups excluding carboxylic acids is 1. The molecule has 0 atom stereocenters. The molecule has 1 N–H and O–H groups in total. The van der Waals surface area contributed by atoms with Crippen molar-refractivity contribution in [3.8, 4) is 11.3 Å². The number of hydrogen-bond acceptors (Lipinski definition) is 3. The van der Waals surface area contributed by atoms with Gasteiger partial charge in [-0.15, -0.1) is 0 Å². The molecule has 6 heteroatoms. The molecule has 1 aromatic heterocycles. The number of halogens is 2. The van der Waals surface area contributed by atoms with Crippen LogP contribution in [0.4, 0.5) is 4.39 Å². The maximum Gasteiger partial charge on any atom is 0.220 e. The number of benzene rings is 2. The second-order valence-corrected chi connectivity index (χ2v) is 6.52. The minimum atomic E-state index is -0.335. The van der Waals surface area contributed by atoms with Gasteiger partial charge in [0.2, 0.25) is 5.91 Å². The van der Waals surface area contributed by atoms with E-state index in [0.29, 0.717) is 30.6 Å². The van der Waals surface area contributed by atoms with E-state index in [4.69, 9.17) is 4.52 Å². The molecule has 0 aliphatic rings. The van der Waals surface area contributed by atoms with Crippen LogP contribution in [-0.2, 0) is 17.8 Å². The Kier molecular flexibility index (Phi) is 5.60. The lowest BCUT2D eigenvalue weighted by molar-refractivity contribution is -0.121. The molecule has 0 fully saturated rings. The number of hydrogen-bond donors (Lipinski definition) is 1. The Balaban J connectivity index is 1.56. The van der Waals surface area contributed by atoms with Crippen LogP contribution in [0.2, 0.25) is 0 Å². The minimum Gasteiger partial charge on any atom is -0.364 e. The van der Waals surface area contributed by atoms with Gasteiger partial charge < -0.3 is 9.84 Å². The van der Waals surface area contributed by atoms with Crippen LogP contribution >= 0.6 is 15.9 Å². The van der Waals surface area contributed by atoms with Gasteiger partial charge in [-0.05, 0) is 36.2 Å². The Morgan fingerprint density at radius 2 is 2.00 bits per heavy atom. The van der Waals surface area contributed by atoms with Gasteiger partial charge >= 0.3 is 0 Å². The lowest BCUT2D eigenvalue weighted by Crippen LogP contribution is -2.22. The predicted octanol–water partition coefficient (Wildman–Crippen LogP) is 4.49. The molecular formula is C19H16BrFN2O2. The Morgan fingerprint density at radius 3 is 2.76 bits per heavy atom. The van der Waals surface area contributed by atoms with E-state index in [2.05, 4.69) is 26.4 Å². The van der Waals surface area contributed by atoms with Gasteiger partial charge in [0.15, 0.2) is 0 Å². The monoisotopic (exact) mass is 402 g/mol. The Bertz CT molecular complexity index is 862. The first kappa shape index (κ1) is 17.4. The fourth-order valence-electron chi connectivity index (χ4n) is 2.45. The maximum atomic E-state index is 13.4. The molecule has 1 heterocycles. The summed E-state index contributed by atoms with van der Waals surface area (Å²) in [6, 6.07) is 13.9. The fraction of sp³-hybridized carbons (Fsp3) is 0.158. The third-order valence-electron chi connectivity index (χ3n) is 3.77. The summed E-state index contributed by atoms with van der Waals surface area (Å²) in [7, 11) is 0. The first-order valence-corrected chi connectivity index (χ1v) is 8.61. The van der Waals surface area contributed by atoms with Crippen LogP contribution in [0.3, 0.4) is 0 Å². The van der Waals surface area contributed by atoms with Gasteiger partial charge in [0.05, 0.1) is 0 Å². The Morgan fingerprint density at radius 1 is 1.20 bits per heavy atom. The lowest BCUT2D eigenvalue weighted by Gasteiger charge is -2.06. The number of rotatable bonds is 6. The van der Waals surface area contributed by atoms with E-state index in [1.165, 1.54) is 18.4 Å². The van der Waals surface area contributed by atoms with Gasteiger partial charge in [-0.25, -0.2) is 4.39 Å². The molecule has 0 bridgehead atoms. The SMILES string of the molecule is O=C(CCc1conc1-c1cccc(F)c1)NCc1ccc(Br)cc1. The quantitative estimate of drug-likeness (QED) is 0.660. The molecule has 0 aliphatic heterocycles. The molecule has 3 aromatic rings. The first-order valence-electron chi connectivity index (χ1n) is 7.82. The number of amides is 1. The third-order valence-corrected chi connectivity index (χ3v) is 4.29. The van der Waals surface area contributed by atoms with Crippen molar-refractivity contribution in [3.05, 3.63) is 76.2 Å². The van der Waals surface area contributed by atoms with Crippen LogP contribution in [0.5, 0.6) is 0 Å². The van der Waals surface area contributed by atoms with Crippen molar-refractivity contribution in [2.24, 2.45) is 0 Å². The molecule has 0 saturated heterocycles. The molecule has 0 saturated carbocycles. The minimum absolute atomic E-state index is 0.0608. The van der Waals surface area contributed by atoms with Crippen molar-refractivity contribution in [3.63, 3.8) is 0 Å². The average molecular weight is 403 g/mol. The summed E-state index contributed by atoms with van der Waals surface area (Å²) < 4.78 is 19.4. The zero-order valence-electron chi connectivity index (χ0n) is 13.3. The van der Waals surface area contributed by atoms with Crippen molar-refractivity contribution in [2.45, 2.75) is 19.4 Å². The summed E-state index contributed by atoms with van der Waals surface area (Å²) in [5, 5.41) is 6.81. The van der Waals surface area contributed by atoms with E-state index in [0.717, 1.165) is 15.6 Å². The highest BCUT2D eigenvalue weighted by Gasteiger charge is 2.12. The molecule has 4 nitrogen and oxygen atoms in total. The number of nitrogens with zero attached hydrogens (tertiary/aromatic N) is 1. The molecule has 0 aliphatic carbocycles. The molecule has 3 rings (SSSR count). The Labute approximate surface area is 153 Å². The van der Waals surface area contributed by atoms with Crippen LogP contribution in [0, 0.1) is 5.82 Å². The number of nitrogens with one attached hydrogen (secondary N) is 1. The summed E-state index contributed by atoms with van der Waals surface area (Å²) in [6.45, 7) is 0.479. The van der Waals surface area contributed by atoms with Crippen molar-refractivity contribution in [1.82, 2.24) is 10.5 Å². The fourth-order valence-corrected chi connectivity index (χ4v) is 2.71. The average Bonchev–Trinajstić information content (AvgIpc) is 3.08. The van der Waals surface area contributed by atoms with Crippen LogP contribution in [0.25, 0.3) is 11.3 Å². The number of aromatic nitrogens is 1. The van der Waals surface area contributed by atoms with Crippen molar-refractivity contribution in [2.75, 3.05) is 0 Å². The van der Waals surface area contributed by atoms with Gasteiger partial charge in [0, 0.05) is 28.6 Å². The molecule has 0 spiro atoms. The second-order valence-electron chi connectivity index (χ2n) is 5.60. The van der Waals surface area contributed by atoms with Crippen LogP contribution in [0.1, 0.15) is 17.5 Å². The van der Waals surface area contributed by atoms with Crippen molar-refractivity contribution >= 4 is 21.8 Å². The highest BCUT2D eigenvalue weighted by Crippen LogP contribution is 2.23. The van der Waals surface area contributed by atoms with Gasteiger partial charge in [-0.1, -0.05) is 45.4 Å². The van der Waals surface area contributed by atoms with Gasteiger partial charge in [0.1, 0.15) is 17.8 Å². The summed E-state index contributed by atoms with van der Waals surface area (Å²) in [6.07, 6.45) is 2.28. The lowest BCUT2D eigenvalue weighted by atomic mass is 10.0. The zero-order chi connectivity index (χ0) is 17.6. The predicted molar refractivity (Wildman–Crippen MR) is 96.2 cm³/mol. The first-order chi connectivity index (χ1) is 12.1. The van der Waals surface area contributed by atoms with Crippen LogP contribution in [0.15, 0.2) is 63.8 Å². The largest absolute Gasteiger partial charge is 0.364 e. The Hall–Kier alpha value is -2.47. The van der Waals surface area contributed by atoms with Gasteiger partial charge in [0.25, 0.3) is 0 Å². The molecule has 25 heavy (non-hydrogen) atoms. The topological polar surface area (TPSA) is 55.1 Å². The van der Waals surface area contributed by atoms with Crippen LogP contribution < -0.4 is 5.32 Å². The molecular weight excluding hydrogens is 387 g/mol. The second kappa shape index (κ2) is 8.07. The van der Waals surface area contributed by atoms with Gasteiger partial charge in [-0.2, -0.15) is 0 Å². The highest BCUT2D eigenvalue weighted by atomic mass is 79.9. The molecule has 128 valence electrons. The summed E-state index contributed by atoms with van der Waals surface area (Å²) in [4.78, 5) is 12.0. The highest BCUT2D eigenvalue weighted by molar-refractivity contribution is 9.10. The van der Waals surface area contributed by atoms with E-state index in [1.807, 2.05) is 24.3 Å². The summed E-state index contributed by atoms with van der Waals surface area (Å²) in [5.74, 6) is -0.395. The number of aryl methyl sites for hydroxylation is 1. The smallest absolute Gasteiger partial charge is 0.220 e. The normalized spacial score (nSPS) is 10.6. The molecule has 1 amide bonds. The summed E-state index contributed by atoms with van der Waals surface area (Å²) in [5.41, 5.74) is 3.02. The van der Waals surface area contributed by atoms with E-state index < -0.39 is 0 Å². The van der Waals surface area contributed by atoms with E-state index in [9.17, 15) is 9.18 Å². The van der Waals surface area contributed by atoms with Gasteiger partial charge in [-0.3, -0.25) is 4.79 Å². The maximum absolute atomic E-state index is 13.4. The standard InChI is InChI=1S/C19H16BrFN2O2/c20-16-7-4-13(5-8-16)11-22-18(24)9-6-15-12-25-23-19(15)14-2-1-3-17(21)10-14/h1-5,7-8,10,12H,6,9,11H2,(H,22,24). The summed E-state index contributed by atoms with van der Waals surface area (Å²) >= 11 is 3.38. The van der Waals surface area contributed by atoms with E-state index in [1.54, 1.807) is 12.1 Å². The molecule has 0 radical (unpaired) electrons. The van der Waals surface area contributed by atoms with E-state index in [-0.39, 0.29) is 11.7 Å². The van der Waals surface area contributed by atoms with Crippen LogP contribution in [-0.4, -0.2) is 11.1 Å². The molecule has 0 unspecified atom stereocenters. The number of carbonyl (C=O) groups is 1. The molecule has 2 aromatic carbocycles.